The Morgan fingerprint density at radius 2 is 0.891 bits per heavy atom. The predicted molar refractivity (Wildman–Crippen MR) is 257 cm³/mol. The van der Waals surface area contributed by atoms with Crippen molar-refractivity contribution in [2.45, 2.75) is 10.8 Å². The molecule has 2 aliphatic heterocycles. The summed E-state index contributed by atoms with van der Waals surface area (Å²) >= 11 is 0. The first-order valence-corrected chi connectivity index (χ1v) is 21.9. The fraction of sp³-hybridized carbons (Fsp3) is 0.0333. The van der Waals surface area contributed by atoms with Crippen molar-refractivity contribution in [1.29, 1.82) is 0 Å². The van der Waals surface area contributed by atoms with E-state index in [1.807, 2.05) is 48.7 Å². The Morgan fingerprint density at radius 1 is 0.359 bits per heavy atom. The quantitative estimate of drug-likeness (QED) is 0.192. The number of nitrogens with one attached hydrogen (secondary N) is 1. The van der Waals surface area contributed by atoms with Crippen LogP contribution in [0.15, 0.2) is 231 Å². The van der Waals surface area contributed by atoms with Gasteiger partial charge in [-0.1, -0.05) is 182 Å². The number of fused-ring (bicyclic) bond motifs is 15. The number of aromatic nitrogens is 2. The number of rotatable bonds is 4. The van der Waals surface area contributed by atoms with Crippen molar-refractivity contribution in [3.63, 3.8) is 0 Å². The van der Waals surface area contributed by atoms with Gasteiger partial charge >= 0.3 is 0 Å². The molecule has 4 heteroatoms. The van der Waals surface area contributed by atoms with E-state index in [4.69, 9.17) is 14.7 Å². The zero-order valence-corrected chi connectivity index (χ0v) is 34.7. The minimum atomic E-state index is -0.697. The first-order chi connectivity index (χ1) is 31.7. The molecule has 0 atom stereocenters. The van der Waals surface area contributed by atoms with E-state index >= 15 is 0 Å². The van der Waals surface area contributed by atoms with Crippen molar-refractivity contribution in [2.75, 3.05) is 0 Å². The SMILES string of the molecule is C1=CC=C(c2cc(-c3cccc(-c4ccc5c(c4)C4(c6ccccc6O5)c5ccccc5C5(c6ccccc6-c6ccccc65)c5ccccc54)c3)nc(-c3ccccc3)n2)NC=C1. The molecule has 1 aromatic heterocycles. The normalized spacial score (nSPS) is 15.0. The molecule has 64 heavy (non-hydrogen) atoms. The summed E-state index contributed by atoms with van der Waals surface area (Å²) in [7, 11) is 0. The fourth-order valence-corrected chi connectivity index (χ4v) is 11.1. The summed E-state index contributed by atoms with van der Waals surface area (Å²) in [5, 5.41) is 3.41. The molecule has 4 nitrogen and oxygen atoms in total. The van der Waals surface area contributed by atoms with Gasteiger partial charge in [-0.3, -0.25) is 0 Å². The molecule has 300 valence electrons. The zero-order chi connectivity index (χ0) is 42.2. The van der Waals surface area contributed by atoms with Gasteiger partial charge in [0.15, 0.2) is 5.82 Å². The van der Waals surface area contributed by atoms with Crippen LogP contribution in [0.4, 0.5) is 0 Å². The lowest BCUT2D eigenvalue weighted by molar-refractivity contribution is 0.429. The molecule has 9 aromatic rings. The van der Waals surface area contributed by atoms with Gasteiger partial charge in [0.25, 0.3) is 0 Å². The molecule has 4 aliphatic rings. The fourth-order valence-electron chi connectivity index (χ4n) is 11.1. The first kappa shape index (κ1) is 36.3. The topological polar surface area (TPSA) is 47.0 Å². The van der Waals surface area contributed by atoms with Crippen molar-refractivity contribution < 1.29 is 4.74 Å². The van der Waals surface area contributed by atoms with Crippen LogP contribution in [0.2, 0.25) is 0 Å². The second kappa shape index (κ2) is 14.1. The van der Waals surface area contributed by atoms with Gasteiger partial charge in [-0.25, -0.2) is 9.97 Å². The highest BCUT2D eigenvalue weighted by Gasteiger charge is 2.58. The summed E-state index contributed by atoms with van der Waals surface area (Å²) < 4.78 is 6.95. The van der Waals surface area contributed by atoms with Crippen LogP contribution in [-0.2, 0) is 10.8 Å². The largest absolute Gasteiger partial charge is 0.457 e. The van der Waals surface area contributed by atoms with Crippen molar-refractivity contribution in [3.8, 4) is 56.4 Å². The highest BCUT2D eigenvalue weighted by atomic mass is 16.5. The Labute approximate surface area is 372 Å². The van der Waals surface area contributed by atoms with Crippen LogP contribution in [-0.4, -0.2) is 9.97 Å². The van der Waals surface area contributed by atoms with Crippen LogP contribution in [0, 0.1) is 0 Å². The van der Waals surface area contributed by atoms with Crippen molar-refractivity contribution in [2.24, 2.45) is 0 Å². The summed E-state index contributed by atoms with van der Waals surface area (Å²) in [6, 6.07) is 72.8. The van der Waals surface area contributed by atoms with E-state index in [1.165, 1.54) is 44.5 Å². The zero-order valence-electron chi connectivity index (χ0n) is 34.7. The number of allylic oxidation sites excluding steroid dienone is 4. The lowest BCUT2D eigenvalue weighted by Gasteiger charge is -2.51. The van der Waals surface area contributed by atoms with Gasteiger partial charge in [0.05, 0.1) is 27.9 Å². The van der Waals surface area contributed by atoms with Crippen LogP contribution in [0.25, 0.3) is 50.6 Å². The minimum absolute atomic E-state index is 0.519. The van der Waals surface area contributed by atoms with E-state index in [1.54, 1.807) is 0 Å². The number of nitrogens with zero attached hydrogens (tertiary/aromatic N) is 2. The highest BCUT2D eigenvalue weighted by Crippen LogP contribution is 2.67. The van der Waals surface area contributed by atoms with Gasteiger partial charge in [-0.15, -0.1) is 0 Å². The second-order valence-corrected chi connectivity index (χ2v) is 16.9. The van der Waals surface area contributed by atoms with E-state index in [9.17, 15) is 0 Å². The second-order valence-electron chi connectivity index (χ2n) is 16.9. The average Bonchev–Trinajstić information content (AvgIpc) is 3.46. The van der Waals surface area contributed by atoms with Crippen LogP contribution in [0.5, 0.6) is 11.5 Å². The van der Waals surface area contributed by atoms with Crippen LogP contribution >= 0.6 is 0 Å². The summed E-state index contributed by atoms with van der Waals surface area (Å²) in [6.07, 6.45) is 9.99. The molecule has 0 fully saturated rings. The summed E-state index contributed by atoms with van der Waals surface area (Å²) in [6.45, 7) is 0. The highest BCUT2D eigenvalue weighted by molar-refractivity contribution is 5.90. The maximum Gasteiger partial charge on any atom is 0.160 e. The standard InChI is InChI=1S/C60H39N3O/c1-3-18-39(19-4-1)58-62-54(38-55(63-58)53-31-5-2-16-35-61-53)42-21-17-20-40(36-42)41-33-34-57-52(37-41)60(51-30-14-15-32-56(51)64-57)49-28-12-10-26-47(49)59(48-27-11-13-29-50(48)60)45-24-8-6-22-43(45)44-23-7-9-25-46(44)59/h1-38,61H. The van der Waals surface area contributed by atoms with E-state index < -0.39 is 10.8 Å². The monoisotopic (exact) mass is 817 g/mol. The summed E-state index contributed by atoms with van der Waals surface area (Å²) in [5.41, 5.74) is 18.1. The third-order valence-electron chi connectivity index (χ3n) is 13.7. The molecule has 2 spiro atoms. The maximum atomic E-state index is 6.95. The van der Waals surface area contributed by atoms with Crippen LogP contribution in [0.1, 0.15) is 50.2 Å². The van der Waals surface area contributed by atoms with Gasteiger partial charge in [0.1, 0.15) is 11.5 Å². The molecule has 0 unspecified atom stereocenters. The smallest absolute Gasteiger partial charge is 0.160 e. The third-order valence-corrected chi connectivity index (χ3v) is 13.7. The minimum Gasteiger partial charge on any atom is -0.457 e. The molecular formula is C60H39N3O. The molecule has 0 bridgehead atoms. The van der Waals surface area contributed by atoms with Crippen LogP contribution < -0.4 is 10.1 Å². The van der Waals surface area contributed by atoms with Gasteiger partial charge in [0.2, 0.25) is 0 Å². The molecule has 3 heterocycles. The number of para-hydroxylation sites is 1. The lowest BCUT2D eigenvalue weighted by Crippen LogP contribution is -2.45. The molecule has 0 saturated carbocycles. The molecule has 1 N–H and O–H groups in total. The molecule has 2 aliphatic carbocycles. The summed E-state index contributed by atoms with van der Waals surface area (Å²) in [4.78, 5) is 10.2. The number of benzene rings is 8. The number of hydrogen-bond donors (Lipinski definition) is 1. The van der Waals surface area contributed by atoms with E-state index in [0.29, 0.717) is 5.82 Å². The lowest BCUT2D eigenvalue weighted by atomic mass is 9.51. The van der Waals surface area contributed by atoms with Crippen molar-refractivity contribution in [1.82, 2.24) is 15.3 Å². The van der Waals surface area contributed by atoms with Crippen molar-refractivity contribution >= 4 is 5.70 Å². The van der Waals surface area contributed by atoms with Gasteiger partial charge in [-0.2, -0.15) is 0 Å². The number of ether oxygens (including phenoxy) is 1. The van der Waals surface area contributed by atoms with Gasteiger partial charge in [0, 0.05) is 28.5 Å². The Balaban J connectivity index is 1.03. The Hall–Kier alpha value is -8.34. The van der Waals surface area contributed by atoms with Crippen molar-refractivity contribution in [3.05, 3.63) is 281 Å². The predicted octanol–water partition coefficient (Wildman–Crippen LogP) is 13.7. The first-order valence-electron chi connectivity index (χ1n) is 21.9. The molecule has 0 radical (unpaired) electrons. The molecule has 0 amide bonds. The maximum absolute atomic E-state index is 6.95. The van der Waals surface area contributed by atoms with Crippen LogP contribution in [0.3, 0.4) is 0 Å². The molecular weight excluding hydrogens is 779 g/mol. The summed E-state index contributed by atoms with van der Waals surface area (Å²) in [5.74, 6) is 2.40. The van der Waals surface area contributed by atoms with Gasteiger partial charge in [-0.05, 0) is 98.1 Å². The van der Waals surface area contributed by atoms with E-state index in [0.717, 1.165) is 62.0 Å². The average molecular weight is 818 g/mol. The van der Waals surface area contributed by atoms with Gasteiger partial charge < -0.3 is 10.1 Å². The molecule has 0 saturated heterocycles. The third kappa shape index (κ3) is 5.11. The molecule has 8 aromatic carbocycles. The van der Waals surface area contributed by atoms with E-state index in [2.05, 4.69) is 187 Å². The Morgan fingerprint density at radius 3 is 1.59 bits per heavy atom. The number of hydrogen-bond acceptors (Lipinski definition) is 4. The van der Waals surface area contributed by atoms with E-state index in [-0.39, 0.29) is 0 Å². The Bertz CT molecular complexity index is 3370. The molecule has 13 rings (SSSR count). The Kier molecular flexibility index (Phi) is 8.00.